The largest absolute Gasteiger partial charge is 0.338 e. The fraction of sp³-hybridized carbons (Fsp3) is 0.923. The highest BCUT2D eigenvalue weighted by atomic mass is 16.2. The van der Waals surface area contributed by atoms with Gasteiger partial charge in [0.1, 0.15) is 0 Å². The molecular formula is C13H27N3O. The highest BCUT2D eigenvalue weighted by Gasteiger charge is 2.20. The minimum atomic E-state index is 0.106. The van der Waals surface area contributed by atoms with Crippen LogP contribution in [0.25, 0.3) is 0 Å². The van der Waals surface area contributed by atoms with Gasteiger partial charge in [-0.05, 0) is 32.2 Å². The summed E-state index contributed by atoms with van der Waals surface area (Å²) in [6, 6.07) is 0.605. The Balaban J connectivity index is 2.37. The topological polar surface area (TPSA) is 44.4 Å². The molecule has 0 bridgehead atoms. The average molecular weight is 241 g/mol. The minimum absolute atomic E-state index is 0.106. The van der Waals surface area contributed by atoms with Crippen LogP contribution in [0.2, 0.25) is 0 Å². The molecular weight excluding hydrogens is 214 g/mol. The van der Waals surface area contributed by atoms with E-state index in [4.69, 9.17) is 0 Å². The predicted octanol–water partition coefficient (Wildman–Crippen LogP) is 1.96. The first kappa shape index (κ1) is 14.3. The number of unbranched alkanes of at least 4 members (excludes halogenated alkanes) is 1. The van der Waals surface area contributed by atoms with Gasteiger partial charge in [-0.3, -0.25) is 0 Å². The lowest BCUT2D eigenvalue weighted by molar-refractivity contribution is 0.191. The molecule has 0 radical (unpaired) electrons. The SMILES string of the molecule is CCCCN(CC1CCCN1)C(=O)NCCC. The van der Waals surface area contributed by atoms with Crippen LogP contribution in [0.4, 0.5) is 4.79 Å². The van der Waals surface area contributed by atoms with Crippen molar-refractivity contribution in [2.24, 2.45) is 0 Å². The second-order valence-corrected chi connectivity index (χ2v) is 4.82. The van der Waals surface area contributed by atoms with E-state index in [1.54, 1.807) is 0 Å². The van der Waals surface area contributed by atoms with Crippen LogP contribution in [-0.4, -0.2) is 43.2 Å². The van der Waals surface area contributed by atoms with Crippen molar-refractivity contribution in [3.05, 3.63) is 0 Å². The van der Waals surface area contributed by atoms with Gasteiger partial charge in [0.05, 0.1) is 0 Å². The maximum Gasteiger partial charge on any atom is 0.317 e. The molecule has 17 heavy (non-hydrogen) atoms. The summed E-state index contributed by atoms with van der Waals surface area (Å²) in [5.74, 6) is 0. The summed E-state index contributed by atoms with van der Waals surface area (Å²) in [6.45, 7) is 7.85. The number of urea groups is 1. The second-order valence-electron chi connectivity index (χ2n) is 4.82. The summed E-state index contributed by atoms with van der Waals surface area (Å²) in [5, 5.41) is 6.43. The Morgan fingerprint density at radius 2 is 2.24 bits per heavy atom. The standard InChI is InChI=1S/C13H27N3O/c1-3-5-10-16(13(17)15-8-4-2)11-12-7-6-9-14-12/h12,14H,3-11H2,1-2H3,(H,15,17). The monoisotopic (exact) mass is 241 g/mol. The molecule has 4 nitrogen and oxygen atoms in total. The Hall–Kier alpha value is -0.770. The van der Waals surface area contributed by atoms with Gasteiger partial charge >= 0.3 is 6.03 Å². The van der Waals surface area contributed by atoms with Crippen molar-refractivity contribution >= 4 is 6.03 Å². The Kier molecular flexibility index (Phi) is 7.01. The number of hydrogen-bond acceptors (Lipinski definition) is 2. The van der Waals surface area contributed by atoms with Crippen LogP contribution in [0.15, 0.2) is 0 Å². The molecule has 1 saturated heterocycles. The lowest BCUT2D eigenvalue weighted by Gasteiger charge is -2.26. The summed E-state index contributed by atoms with van der Waals surface area (Å²) in [5.41, 5.74) is 0. The minimum Gasteiger partial charge on any atom is -0.338 e. The lowest BCUT2D eigenvalue weighted by atomic mass is 10.2. The lowest BCUT2D eigenvalue weighted by Crippen LogP contribution is -2.46. The first-order chi connectivity index (χ1) is 8.27. The zero-order chi connectivity index (χ0) is 12.5. The third kappa shape index (κ3) is 5.39. The molecule has 1 aliphatic rings. The smallest absolute Gasteiger partial charge is 0.317 e. The van der Waals surface area contributed by atoms with Crippen LogP contribution in [0, 0.1) is 0 Å². The molecule has 4 heteroatoms. The summed E-state index contributed by atoms with van der Waals surface area (Å²) in [7, 11) is 0. The van der Waals surface area contributed by atoms with Crippen molar-refractivity contribution in [1.29, 1.82) is 0 Å². The van der Waals surface area contributed by atoms with E-state index in [2.05, 4.69) is 24.5 Å². The van der Waals surface area contributed by atoms with Crippen LogP contribution >= 0.6 is 0 Å². The number of rotatable bonds is 7. The summed E-state index contributed by atoms with van der Waals surface area (Å²) < 4.78 is 0. The van der Waals surface area contributed by atoms with Crippen molar-refractivity contribution in [2.45, 2.75) is 52.0 Å². The molecule has 2 amide bonds. The Morgan fingerprint density at radius 3 is 2.82 bits per heavy atom. The molecule has 1 rings (SSSR count). The van der Waals surface area contributed by atoms with Gasteiger partial charge in [0, 0.05) is 25.7 Å². The molecule has 1 aliphatic heterocycles. The quantitative estimate of drug-likeness (QED) is 0.715. The molecule has 100 valence electrons. The summed E-state index contributed by atoms with van der Waals surface area (Å²) in [4.78, 5) is 14.0. The van der Waals surface area contributed by atoms with Crippen LogP contribution in [0.1, 0.15) is 46.0 Å². The molecule has 1 atom stereocenters. The molecule has 1 unspecified atom stereocenters. The molecule has 0 aromatic rings. The average Bonchev–Trinajstić information content (AvgIpc) is 2.84. The normalized spacial score (nSPS) is 19.3. The first-order valence-corrected chi connectivity index (χ1v) is 7.04. The van der Waals surface area contributed by atoms with E-state index >= 15 is 0 Å². The van der Waals surface area contributed by atoms with E-state index in [0.29, 0.717) is 6.04 Å². The number of nitrogens with one attached hydrogen (secondary N) is 2. The maximum absolute atomic E-state index is 12.0. The van der Waals surface area contributed by atoms with Gasteiger partial charge < -0.3 is 15.5 Å². The fourth-order valence-corrected chi connectivity index (χ4v) is 2.15. The van der Waals surface area contributed by atoms with E-state index in [1.165, 1.54) is 12.8 Å². The molecule has 0 aromatic carbocycles. The van der Waals surface area contributed by atoms with Gasteiger partial charge in [0.15, 0.2) is 0 Å². The number of carbonyl (C=O) groups excluding carboxylic acids is 1. The Bertz CT molecular complexity index is 215. The number of amides is 2. The maximum atomic E-state index is 12.0. The van der Waals surface area contributed by atoms with Crippen LogP contribution in [-0.2, 0) is 0 Å². The molecule has 0 aromatic heterocycles. The van der Waals surface area contributed by atoms with E-state index in [-0.39, 0.29) is 6.03 Å². The molecule has 0 spiro atoms. The van der Waals surface area contributed by atoms with Gasteiger partial charge in [-0.1, -0.05) is 20.3 Å². The number of carbonyl (C=O) groups is 1. The first-order valence-electron chi connectivity index (χ1n) is 7.04. The van der Waals surface area contributed by atoms with Gasteiger partial charge in [-0.15, -0.1) is 0 Å². The van der Waals surface area contributed by atoms with E-state index in [0.717, 1.165) is 45.4 Å². The molecule has 1 heterocycles. The molecule has 1 fully saturated rings. The van der Waals surface area contributed by atoms with Crippen molar-refractivity contribution in [2.75, 3.05) is 26.2 Å². The van der Waals surface area contributed by atoms with Crippen molar-refractivity contribution in [1.82, 2.24) is 15.5 Å². The van der Waals surface area contributed by atoms with Gasteiger partial charge in [0.25, 0.3) is 0 Å². The van der Waals surface area contributed by atoms with E-state index in [9.17, 15) is 4.79 Å². The summed E-state index contributed by atoms with van der Waals surface area (Å²) in [6.07, 6.45) is 5.66. The van der Waals surface area contributed by atoms with E-state index in [1.807, 2.05) is 4.90 Å². The second kappa shape index (κ2) is 8.34. The Labute approximate surface area is 105 Å². The number of nitrogens with zero attached hydrogens (tertiary/aromatic N) is 1. The van der Waals surface area contributed by atoms with E-state index < -0.39 is 0 Å². The molecule has 0 aliphatic carbocycles. The fourth-order valence-electron chi connectivity index (χ4n) is 2.15. The molecule has 2 N–H and O–H groups in total. The predicted molar refractivity (Wildman–Crippen MR) is 71.2 cm³/mol. The highest BCUT2D eigenvalue weighted by molar-refractivity contribution is 5.74. The van der Waals surface area contributed by atoms with Crippen LogP contribution in [0.3, 0.4) is 0 Å². The Morgan fingerprint density at radius 1 is 1.41 bits per heavy atom. The third-order valence-electron chi connectivity index (χ3n) is 3.20. The zero-order valence-electron chi connectivity index (χ0n) is 11.3. The van der Waals surface area contributed by atoms with Crippen molar-refractivity contribution in [3.63, 3.8) is 0 Å². The molecule has 0 saturated carbocycles. The van der Waals surface area contributed by atoms with Crippen molar-refractivity contribution in [3.8, 4) is 0 Å². The zero-order valence-corrected chi connectivity index (χ0v) is 11.3. The third-order valence-corrected chi connectivity index (χ3v) is 3.20. The van der Waals surface area contributed by atoms with Gasteiger partial charge in [-0.2, -0.15) is 0 Å². The van der Waals surface area contributed by atoms with Gasteiger partial charge in [-0.25, -0.2) is 4.79 Å². The summed E-state index contributed by atoms with van der Waals surface area (Å²) >= 11 is 0. The van der Waals surface area contributed by atoms with Crippen molar-refractivity contribution < 1.29 is 4.79 Å². The van der Waals surface area contributed by atoms with Crippen LogP contribution < -0.4 is 10.6 Å². The van der Waals surface area contributed by atoms with Gasteiger partial charge in [0.2, 0.25) is 0 Å². The van der Waals surface area contributed by atoms with Crippen LogP contribution in [0.5, 0.6) is 0 Å². The number of hydrogen-bond donors (Lipinski definition) is 2. The highest BCUT2D eigenvalue weighted by Crippen LogP contribution is 2.08.